The molecule has 1 aromatic carbocycles. The van der Waals surface area contributed by atoms with Crippen LogP contribution in [0.4, 0.5) is 0 Å². The molecule has 3 heteroatoms. The number of benzene rings is 1. The summed E-state index contributed by atoms with van der Waals surface area (Å²) >= 11 is 0. The fourth-order valence-electron chi connectivity index (χ4n) is 2.41. The Hall–Kier alpha value is -1.61. The normalized spacial score (nSPS) is 13.1. The van der Waals surface area contributed by atoms with Crippen LogP contribution in [0.1, 0.15) is 37.0 Å². The zero-order valence-corrected chi connectivity index (χ0v) is 11.9. The van der Waals surface area contributed by atoms with Crippen molar-refractivity contribution < 1.29 is 4.79 Å². The number of Topliss-reactive ketones (excluding diaryl/α,β-unsaturated/α-hetero) is 1. The van der Waals surface area contributed by atoms with Crippen LogP contribution in [-0.4, -0.2) is 35.3 Å². The lowest BCUT2D eigenvalue weighted by Gasteiger charge is -2.23. The van der Waals surface area contributed by atoms with Gasteiger partial charge in [-0.1, -0.05) is 31.5 Å². The second kappa shape index (κ2) is 6.02. The number of likely N-dealkylation sites (N-methyl/N-ethyl adjacent to an activating group) is 1. The van der Waals surface area contributed by atoms with E-state index in [-0.39, 0.29) is 5.78 Å². The summed E-state index contributed by atoms with van der Waals surface area (Å²) in [4.78, 5) is 17.7. The Labute approximate surface area is 114 Å². The first-order valence-electron chi connectivity index (χ1n) is 6.93. The van der Waals surface area contributed by atoms with Crippen LogP contribution in [-0.2, 0) is 0 Å². The number of nitrogens with zero attached hydrogens (tertiary/aromatic N) is 1. The van der Waals surface area contributed by atoms with Gasteiger partial charge in [-0.15, -0.1) is 0 Å². The van der Waals surface area contributed by atoms with Gasteiger partial charge in [0.1, 0.15) is 0 Å². The minimum Gasteiger partial charge on any atom is -0.360 e. The Kier molecular flexibility index (Phi) is 4.38. The largest absolute Gasteiger partial charge is 0.360 e. The predicted molar refractivity (Wildman–Crippen MR) is 79.6 cm³/mol. The summed E-state index contributed by atoms with van der Waals surface area (Å²) in [7, 11) is 2.02. The molecule has 102 valence electrons. The highest BCUT2D eigenvalue weighted by molar-refractivity contribution is 6.08. The molecule has 2 aromatic rings. The van der Waals surface area contributed by atoms with Crippen molar-refractivity contribution in [2.45, 2.75) is 32.7 Å². The molecule has 1 heterocycles. The van der Waals surface area contributed by atoms with E-state index in [1.165, 1.54) is 0 Å². The third-order valence-corrected chi connectivity index (χ3v) is 3.74. The van der Waals surface area contributed by atoms with Gasteiger partial charge in [-0.25, -0.2) is 0 Å². The standard InChI is InChI=1S/C16H22N2O/c1-4-7-12(2)18(3)11-16(19)14-10-17-15-9-6-5-8-13(14)15/h5-6,8-10,12,17H,4,7,11H2,1-3H3. The molecule has 0 aliphatic heterocycles. The highest BCUT2D eigenvalue weighted by atomic mass is 16.1. The van der Waals surface area contributed by atoms with Crippen molar-refractivity contribution in [2.75, 3.05) is 13.6 Å². The minimum atomic E-state index is 0.183. The van der Waals surface area contributed by atoms with Crippen molar-refractivity contribution in [1.29, 1.82) is 0 Å². The number of para-hydroxylation sites is 1. The number of H-pyrrole nitrogens is 1. The molecule has 0 fully saturated rings. The predicted octanol–water partition coefficient (Wildman–Crippen LogP) is 3.47. The molecular weight excluding hydrogens is 236 g/mol. The maximum absolute atomic E-state index is 12.4. The van der Waals surface area contributed by atoms with Crippen molar-refractivity contribution in [3.63, 3.8) is 0 Å². The SMILES string of the molecule is CCCC(C)N(C)CC(=O)c1c[nH]c2ccccc12. The van der Waals surface area contributed by atoms with Gasteiger partial charge in [0.15, 0.2) is 5.78 Å². The smallest absolute Gasteiger partial charge is 0.178 e. The first kappa shape index (κ1) is 13.8. The molecule has 0 saturated carbocycles. The maximum Gasteiger partial charge on any atom is 0.178 e. The second-order valence-electron chi connectivity index (χ2n) is 5.22. The summed E-state index contributed by atoms with van der Waals surface area (Å²) in [6.07, 6.45) is 4.09. The van der Waals surface area contributed by atoms with E-state index < -0.39 is 0 Å². The van der Waals surface area contributed by atoms with Gasteiger partial charge in [0.25, 0.3) is 0 Å². The van der Waals surface area contributed by atoms with Crippen molar-refractivity contribution in [3.8, 4) is 0 Å². The topological polar surface area (TPSA) is 36.1 Å². The number of ketones is 1. The van der Waals surface area contributed by atoms with Crippen LogP contribution >= 0.6 is 0 Å². The van der Waals surface area contributed by atoms with E-state index in [9.17, 15) is 4.79 Å². The maximum atomic E-state index is 12.4. The molecule has 0 amide bonds. The van der Waals surface area contributed by atoms with Gasteiger partial charge in [0, 0.05) is 28.7 Å². The van der Waals surface area contributed by atoms with Crippen LogP contribution < -0.4 is 0 Å². The van der Waals surface area contributed by atoms with E-state index in [1.807, 2.05) is 37.5 Å². The van der Waals surface area contributed by atoms with Gasteiger partial charge in [0.2, 0.25) is 0 Å². The highest BCUT2D eigenvalue weighted by Gasteiger charge is 2.16. The molecule has 0 spiro atoms. The molecule has 0 aliphatic carbocycles. The van der Waals surface area contributed by atoms with E-state index in [4.69, 9.17) is 0 Å². The van der Waals surface area contributed by atoms with Crippen molar-refractivity contribution in [1.82, 2.24) is 9.88 Å². The molecule has 1 atom stereocenters. The van der Waals surface area contributed by atoms with E-state index in [2.05, 4.69) is 23.7 Å². The molecule has 19 heavy (non-hydrogen) atoms. The fourth-order valence-corrected chi connectivity index (χ4v) is 2.41. The lowest BCUT2D eigenvalue weighted by atomic mass is 10.1. The van der Waals surface area contributed by atoms with E-state index in [0.717, 1.165) is 29.3 Å². The number of hydrogen-bond donors (Lipinski definition) is 1. The van der Waals surface area contributed by atoms with Crippen LogP contribution in [0.3, 0.4) is 0 Å². The van der Waals surface area contributed by atoms with Crippen molar-refractivity contribution in [3.05, 3.63) is 36.0 Å². The third kappa shape index (κ3) is 3.04. The molecule has 0 saturated heterocycles. The van der Waals surface area contributed by atoms with Crippen LogP contribution in [0.5, 0.6) is 0 Å². The molecule has 0 bridgehead atoms. The Morgan fingerprint density at radius 2 is 2.11 bits per heavy atom. The Bertz CT molecular complexity index is 559. The first-order chi connectivity index (χ1) is 9.13. The average Bonchev–Trinajstić information content (AvgIpc) is 2.82. The molecule has 0 aliphatic rings. The molecule has 2 rings (SSSR count). The highest BCUT2D eigenvalue weighted by Crippen LogP contribution is 2.18. The zero-order chi connectivity index (χ0) is 13.8. The quantitative estimate of drug-likeness (QED) is 0.805. The van der Waals surface area contributed by atoms with Gasteiger partial charge in [0.05, 0.1) is 6.54 Å². The zero-order valence-electron chi connectivity index (χ0n) is 11.9. The monoisotopic (exact) mass is 258 g/mol. The van der Waals surface area contributed by atoms with Gasteiger partial charge >= 0.3 is 0 Å². The summed E-state index contributed by atoms with van der Waals surface area (Å²) in [5.41, 5.74) is 1.82. The van der Waals surface area contributed by atoms with Gasteiger partial charge < -0.3 is 4.98 Å². The van der Waals surface area contributed by atoms with Crippen molar-refractivity contribution >= 4 is 16.7 Å². The van der Waals surface area contributed by atoms with Gasteiger partial charge in [-0.05, 0) is 26.5 Å². The third-order valence-electron chi connectivity index (χ3n) is 3.74. The van der Waals surface area contributed by atoms with Gasteiger partial charge in [-0.3, -0.25) is 9.69 Å². The van der Waals surface area contributed by atoms with E-state index >= 15 is 0 Å². The Balaban J connectivity index is 2.12. The van der Waals surface area contributed by atoms with Gasteiger partial charge in [-0.2, -0.15) is 0 Å². The van der Waals surface area contributed by atoms with Crippen LogP contribution in [0, 0.1) is 0 Å². The first-order valence-corrected chi connectivity index (χ1v) is 6.93. The number of rotatable bonds is 6. The molecule has 3 nitrogen and oxygen atoms in total. The summed E-state index contributed by atoms with van der Waals surface area (Å²) in [6.45, 7) is 4.82. The molecule has 1 N–H and O–H groups in total. The summed E-state index contributed by atoms with van der Waals surface area (Å²) < 4.78 is 0. The molecule has 1 aromatic heterocycles. The molecule has 1 unspecified atom stereocenters. The number of aromatic amines is 1. The Morgan fingerprint density at radius 1 is 1.37 bits per heavy atom. The van der Waals surface area contributed by atoms with Crippen LogP contribution in [0.15, 0.2) is 30.5 Å². The van der Waals surface area contributed by atoms with Crippen molar-refractivity contribution in [2.24, 2.45) is 0 Å². The van der Waals surface area contributed by atoms with E-state index in [1.54, 1.807) is 0 Å². The summed E-state index contributed by atoms with van der Waals surface area (Å²) in [5, 5.41) is 1.02. The molecule has 0 radical (unpaired) electrons. The van der Waals surface area contributed by atoms with E-state index in [0.29, 0.717) is 12.6 Å². The lowest BCUT2D eigenvalue weighted by Crippen LogP contribution is -2.33. The Morgan fingerprint density at radius 3 is 2.84 bits per heavy atom. The fraction of sp³-hybridized carbons (Fsp3) is 0.438. The summed E-state index contributed by atoms with van der Waals surface area (Å²) in [5.74, 6) is 0.183. The van der Waals surface area contributed by atoms with Crippen LogP contribution in [0.2, 0.25) is 0 Å². The number of carbonyl (C=O) groups excluding carboxylic acids is 1. The second-order valence-corrected chi connectivity index (χ2v) is 5.22. The number of fused-ring (bicyclic) bond motifs is 1. The minimum absolute atomic E-state index is 0.183. The number of hydrogen-bond acceptors (Lipinski definition) is 2. The average molecular weight is 258 g/mol. The lowest BCUT2D eigenvalue weighted by molar-refractivity contribution is 0.0923. The number of carbonyl (C=O) groups is 1. The van der Waals surface area contributed by atoms with Crippen LogP contribution in [0.25, 0.3) is 10.9 Å². The molecular formula is C16H22N2O. The number of nitrogens with one attached hydrogen (secondary N) is 1. The summed E-state index contributed by atoms with van der Waals surface area (Å²) in [6, 6.07) is 8.38. The number of aromatic nitrogens is 1.